The van der Waals surface area contributed by atoms with Crippen LogP contribution in [0, 0.1) is 11.3 Å². The van der Waals surface area contributed by atoms with Crippen molar-refractivity contribution in [1.82, 2.24) is 14.9 Å². The zero-order valence-corrected chi connectivity index (χ0v) is 22.4. The Morgan fingerprint density at radius 2 is 2.11 bits per heavy atom. The number of nitriles is 1. The van der Waals surface area contributed by atoms with Crippen molar-refractivity contribution in [3.05, 3.63) is 53.1 Å². The van der Waals surface area contributed by atoms with E-state index in [1.165, 1.54) is 22.5 Å². The van der Waals surface area contributed by atoms with Crippen molar-refractivity contribution in [3.8, 4) is 33.0 Å². The Morgan fingerprint density at radius 3 is 2.89 bits per heavy atom. The average molecular weight is 523 g/mol. The number of carbonyl (C=O) groups excluding carboxylic acids is 1. The van der Waals surface area contributed by atoms with Crippen LogP contribution in [0.3, 0.4) is 0 Å². The highest BCUT2D eigenvalue weighted by Gasteiger charge is 2.24. The van der Waals surface area contributed by atoms with Crippen LogP contribution >= 0.6 is 23.3 Å². The van der Waals surface area contributed by atoms with Crippen LogP contribution in [-0.2, 0) is 16.0 Å². The quantitative estimate of drug-likeness (QED) is 0.194. The van der Waals surface area contributed by atoms with Crippen LogP contribution in [0.15, 0.2) is 36.4 Å². The molecule has 188 valence electrons. The van der Waals surface area contributed by atoms with Crippen LogP contribution in [0.1, 0.15) is 62.8 Å². The highest BCUT2D eigenvalue weighted by atomic mass is 32.2. The third-order valence-corrected chi connectivity index (χ3v) is 7.68. The Balaban J connectivity index is 1.51. The molecule has 1 aliphatic rings. The summed E-state index contributed by atoms with van der Waals surface area (Å²) in [6, 6.07) is 14.4. The van der Waals surface area contributed by atoms with E-state index in [-0.39, 0.29) is 18.1 Å². The van der Waals surface area contributed by atoms with Crippen molar-refractivity contribution in [2.45, 2.75) is 58.6 Å². The number of nitrogens with one attached hydrogen (secondary N) is 1. The van der Waals surface area contributed by atoms with Gasteiger partial charge in [-0.05, 0) is 69.4 Å². The molecule has 1 aromatic heterocycles. The lowest BCUT2D eigenvalue weighted by molar-refractivity contribution is -0.142. The summed E-state index contributed by atoms with van der Waals surface area (Å²) in [4.78, 5) is 11.6. The molecule has 1 N–H and O–H groups in total. The monoisotopic (exact) mass is 522 g/mol. The van der Waals surface area contributed by atoms with Gasteiger partial charge in [-0.15, -0.1) is 10.2 Å². The van der Waals surface area contributed by atoms with Gasteiger partial charge in [-0.3, -0.25) is 9.52 Å². The highest BCUT2D eigenvalue weighted by Crippen LogP contribution is 2.39. The number of hydrogen-bond donors (Lipinski definition) is 1. The molecule has 0 radical (unpaired) electrons. The molecular weight excluding hydrogens is 492 g/mol. The summed E-state index contributed by atoms with van der Waals surface area (Å²) in [7, 11) is 0. The van der Waals surface area contributed by atoms with E-state index < -0.39 is 0 Å². The molecule has 3 aromatic rings. The largest absolute Gasteiger partial charge is 0.490 e. The molecule has 1 atom stereocenters. The zero-order chi connectivity index (χ0) is 25.5. The van der Waals surface area contributed by atoms with Gasteiger partial charge in [-0.2, -0.15) is 5.26 Å². The van der Waals surface area contributed by atoms with E-state index in [9.17, 15) is 10.1 Å². The fraction of sp³-hybridized carbons (Fsp3) is 0.407. The first-order valence-corrected chi connectivity index (χ1v) is 14.0. The first kappa shape index (κ1) is 26.1. The summed E-state index contributed by atoms with van der Waals surface area (Å²) in [6.45, 7) is 6.12. The summed E-state index contributed by atoms with van der Waals surface area (Å²) in [5.41, 5.74) is 5.03. The van der Waals surface area contributed by atoms with Gasteiger partial charge >= 0.3 is 5.97 Å². The molecule has 2 aromatic carbocycles. The first-order chi connectivity index (χ1) is 17.5. The smallest absolute Gasteiger partial charge is 0.306 e. The molecule has 9 heteroatoms. The van der Waals surface area contributed by atoms with Crippen molar-refractivity contribution in [3.63, 3.8) is 0 Å². The summed E-state index contributed by atoms with van der Waals surface area (Å²) in [5.74, 6) is 1.10. The van der Waals surface area contributed by atoms with E-state index in [1.54, 1.807) is 11.9 Å². The molecular formula is C27H30N4O3S2. The molecule has 0 bridgehead atoms. The summed E-state index contributed by atoms with van der Waals surface area (Å²) in [6.07, 6.45) is 3.51. The predicted molar refractivity (Wildman–Crippen MR) is 144 cm³/mol. The van der Waals surface area contributed by atoms with Gasteiger partial charge in [0.15, 0.2) is 0 Å². The topological polar surface area (TPSA) is 97.1 Å². The van der Waals surface area contributed by atoms with Crippen LogP contribution in [0.25, 0.3) is 21.1 Å². The molecule has 0 amide bonds. The minimum atomic E-state index is -0.158. The maximum absolute atomic E-state index is 11.6. The van der Waals surface area contributed by atoms with Gasteiger partial charge in [0, 0.05) is 22.9 Å². The minimum Gasteiger partial charge on any atom is -0.490 e. The Bertz CT molecular complexity index is 1250. The zero-order valence-electron chi connectivity index (χ0n) is 20.7. The van der Waals surface area contributed by atoms with E-state index in [4.69, 9.17) is 9.47 Å². The number of carbonyl (C=O) groups is 1. The lowest BCUT2D eigenvalue weighted by atomic mass is 9.85. The van der Waals surface area contributed by atoms with Gasteiger partial charge in [0.05, 0.1) is 24.7 Å². The van der Waals surface area contributed by atoms with E-state index in [0.717, 1.165) is 40.4 Å². The molecule has 1 heterocycles. The predicted octanol–water partition coefficient (Wildman–Crippen LogP) is 6.10. The third kappa shape index (κ3) is 6.25. The lowest BCUT2D eigenvalue weighted by Crippen LogP contribution is -2.21. The van der Waals surface area contributed by atoms with Gasteiger partial charge in [-0.25, -0.2) is 0 Å². The Hall–Kier alpha value is -2.93. The second-order valence-corrected chi connectivity index (χ2v) is 10.7. The van der Waals surface area contributed by atoms with Crippen LogP contribution in [0.2, 0.25) is 0 Å². The summed E-state index contributed by atoms with van der Waals surface area (Å²) < 4.78 is 14.3. The van der Waals surface area contributed by atoms with E-state index in [2.05, 4.69) is 39.2 Å². The van der Waals surface area contributed by atoms with Crippen LogP contribution in [0.4, 0.5) is 0 Å². The van der Waals surface area contributed by atoms with Gasteiger partial charge < -0.3 is 9.47 Å². The molecule has 4 rings (SSSR count). The number of nitrogens with zero attached hydrogens (tertiary/aromatic N) is 3. The Morgan fingerprint density at radius 1 is 1.28 bits per heavy atom. The SMILES string of the molecule is CCOC(=O)CCSNC1CCCc2c(-c3nnc(-c4ccc(OC(C)C)c(C#N)c4)s3)cccc21. The standard InChI is InChI=1S/C27H30N4O3S2/c1-4-33-25(32)13-14-35-31-23-10-6-7-20-21(23)8-5-9-22(20)27-30-29-26(36-27)18-11-12-24(34-17(2)3)19(15-18)16-28/h5,8-9,11-12,15,17,23,31H,4,6-7,10,13-14H2,1-3H3. The number of ether oxygens (including phenoxy) is 2. The van der Waals surface area contributed by atoms with Gasteiger partial charge in [0.1, 0.15) is 21.8 Å². The maximum Gasteiger partial charge on any atom is 0.306 e. The first-order valence-electron chi connectivity index (χ1n) is 12.2. The molecule has 0 fully saturated rings. The van der Waals surface area contributed by atoms with Crippen LogP contribution in [-0.4, -0.2) is 34.6 Å². The molecule has 0 spiro atoms. The second kappa shape index (κ2) is 12.3. The van der Waals surface area contributed by atoms with Crippen molar-refractivity contribution >= 4 is 29.3 Å². The van der Waals surface area contributed by atoms with Gasteiger partial charge in [0.2, 0.25) is 0 Å². The molecule has 1 unspecified atom stereocenters. The molecule has 0 aliphatic heterocycles. The molecule has 1 aliphatic carbocycles. The number of rotatable bonds is 10. The Kier molecular flexibility index (Phi) is 8.97. The summed E-state index contributed by atoms with van der Waals surface area (Å²) in [5, 5.41) is 20.2. The minimum absolute atomic E-state index is 0.00498. The second-order valence-electron chi connectivity index (χ2n) is 8.74. The van der Waals surface area contributed by atoms with Gasteiger partial charge in [-0.1, -0.05) is 41.5 Å². The lowest BCUT2D eigenvalue weighted by Gasteiger charge is -2.27. The average Bonchev–Trinajstić information content (AvgIpc) is 3.36. The van der Waals surface area contributed by atoms with Crippen molar-refractivity contribution < 1.29 is 14.3 Å². The summed E-state index contributed by atoms with van der Waals surface area (Å²) >= 11 is 3.11. The van der Waals surface area contributed by atoms with Gasteiger partial charge in [0.25, 0.3) is 0 Å². The molecule has 7 nitrogen and oxygen atoms in total. The number of hydrogen-bond acceptors (Lipinski definition) is 9. The number of aromatic nitrogens is 2. The number of benzene rings is 2. The van der Waals surface area contributed by atoms with Crippen LogP contribution < -0.4 is 9.46 Å². The van der Waals surface area contributed by atoms with Crippen molar-refractivity contribution in [1.29, 1.82) is 5.26 Å². The van der Waals surface area contributed by atoms with E-state index in [0.29, 0.717) is 30.1 Å². The van der Waals surface area contributed by atoms with Crippen molar-refractivity contribution in [2.75, 3.05) is 12.4 Å². The van der Waals surface area contributed by atoms with Crippen molar-refractivity contribution in [2.24, 2.45) is 0 Å². The fourth-order valence-corrected chi connectivity index (χ4v) is 5.98. The van der Waals surface area contributed by atoms with Crippen LogP contribution in [0.5, 0.6) is 5.75 Å². The fourth-order valence-electron chi connectivity index (χ4n) is 4.25. The van der Waals surface area contributed by atoms with E-state index in [1.807, 2.05) is 39.0 Å². The third-order valence-electron chi connectivity index (χ3n) is 5.81. The molecule has 36 heavy (non-hydrogen) atoms. The Labute approximate surface area is 220 Å². The molecule has 0 saturated carbocycles. The number of fused-ring (bicyclic) bond motifs is 1. The molecule has 0 saturated heterocycles. The maximum atomic E-state index is 11.6. The number of esters is 1. The normalized spacial score (nSPS) is 14.8. The highest BCUT2D eigenvalue weighted by molar-refractivity contribution is 7.97. The van der Waals surface area contributed by atoms with E-state index >= 15 is 0 Å².